The highest BCUT2D eigenvalue weighted by Gasteiger charge is 2.24. The van der Waals surface area contributed by atoms with Gasteiger partial charge < -0.3 is 0 Å². The largest absolute Gasteiger partial charge is 0.298 e. The Labute approximate surface area is 145 Å². The normalized spacial score (nSPS) is 11.2. The molecule has 25 heavy (non-hydrogen) atoms. The van der Waals surface area contributed by atoms with Crippen LogP contribution in [0.3, 0.4) is 0 Å². The van der Waals surface area contributed by atoms with Crippen molar-refractivity contribution in [1.29, 1.82) is 0 Å². The fourth-order valence-corrected chi connectivity index (χ4v) is 3.93. The Balaban J connectivity index is 2.09. The summed E-state index contributed by atoms with van der Waals surface area (Å²) in [6.45, 7) is 1.73. The van der Waals surface area contributed by atoms with Crippen LogP contribution in [0.15, 0.2) is 71.8 Å². The number of aldehydes is 1. The maximum atomic E-state index is 12.9. The molecule has 3 rings (SSSR count). The van der Waals surface area contributed by atoms with Crippen LogP contribution < -0.4 is 0 Å². The van der Waals surface area contributed by atoms with Crippen LogP contribution in [0.1, 0.15) is 32.0 Å². The molecule has 0 bridgehead atoms. The second-order valence-corrected chi connectivity index (χ2v) is 7.40. The van der Waals surface area contributed by atoms with Crippen molar-refractivity contribution in [2.24, 2.45) is 0 Å². The average molecular weight is 353 g/mol. The number of ketones is 1. The van der Waals surface area contributed by atoms with Crippen LogP contribution >= 0.6 is 0 Å². The molecule has 1 heterocycles. The van der Waals surface area contributed by atoms with E-state index in [1.54, 1.807) is 25.1 Å². The lowest BCUT2D eigenvalue weighted by Crippen LogP contribution is -2.18. The van der Waals surface area contributed by atoms with Gasteiger partial charge in [-0.05, 0) is 30.7 Å². The van der Waals surface area contributed by atoms with Gasteiger partial charge in [0.15, 0.2) is 0 Å². The molecule has 0 atom stereocenters. The van der Waals surface area contributed by atoms with Crippen LogP contribution in [0, 0.1) is 6.92 Å². The first kappa shape index (κ1) is 16.9. The number of aryl methyl sites for hydroxylation is 1. The first-order valence-corrected chi connectivity index (χ1v) is 8.97. The lowest BCUT2D eigenvalue weighted by atomic mass is 10.1. The lowest BCUT2D eigenvalue weighted by molar-refractivity contribution is 0.103. The molecule has 0 aliphatic carbocycles. The lowest BCUT2D eigenvalue weighted by Gasteiger charge is -2.10. The van der Waals surface area contributed by atoms with E-state index in [0.717, 1.165) is 3.97 Å². The minimum absolute atomic E-state index is 0.0557. The Kier molecular flexibility index (Phi) is 4.37. The summed E-state index contributed by atoms with van der Waals surface area (Å²) >= 11 is 0. The van der Waals surface area contributed by atoms with Crippen LogP contribution in [-0.2, 0) is 10.0 Å². The quantitative estimate of drug-likeness (QED) is 0.522. The number of carbonyl (C=O) groups excluding carboxylic acids is 2. The fourth-order valence-electron chi connectivity index (χ4n) is 2.50. The number of hydrogen-bond acceptors (Lipinski definition) is 4. The van der Waals surface area contributed by atoms with Gasteiger partial charge in [-0.2, -0.15) is 0 Å². The van der Waals surface area contributed by atoms with Gasteiger partial charge in [0, 0.05) is 17.3 Å². The molecule has 3 aromatic rings. The van der Waals surface area contributed by atoms with E-state index in [9.17, 15) is 18.0 Å². The van der Waals surface area contributed by atoms with Gasteiger partial charge in [0.05, 0.1) is 4.90 Å². The molecule has 5 nitrogen and oxygen atoms in total. The highest BCUT2D eigenvalue weighted by atomic mass is 32.2. The topological polar surface area (TPSA) is 73.2 Å². The van der Waals surface area contributed by atoms with E-state index in [2.05, 4.69) is 0 Å². The molecule has 0 fully saturated rings. The van der Waals surface area contributed by atoms with Gasteiger partial charge in [0.1, 0.15) is 12.0 Å². The second-order valence-electron chi connectivity index (χ2n) is 5.59. The van der Waals surface area contributed by atoms with Crippen LogP contribution in [0.2, 0.25) is 0 Å². The monoisotopic (exact) mass is 353 g/mol. The predicted molar refractivity (Wildman–Crippen MR) is 93.5 cm³/mol. The van der Waals surface area contributed by atoms with Crippen LogP contribution in [0.25, 0.3) is 0 Å². The van der Waals surface area contributed by atoms with Crippen molar-refractivity contribution in [3.63, 3.8) is 0 Å². The molecule has 0 amide bonds. The zero-order valence-electron chi connectivity index (χ0n) is 13.4. The molecule has 0 saturated heterocycles. The summed E-state index contributed by atoms with van der Waals surface area (Å²) in [5.41, 5.74) is 1.47. The number of rotatable bonds is 5. The number of nitrogens with zero attached hydrogens (tertiary/aromatic N) is 1. The van der Waals surface area contributed by atoms with Crippen molar-refractivity contribution < 1.29 is 18.0 Å². The van der Waals surface area contributed by atoms with Crippen molar-refractivity contribution in [2.75, 3.05) is 0 Å². The first-order valence-electron chi connectivity index (χ1n) is 7.53. The van der Waals surface area contributed by atoms with E-state index in [1.807, 2.05) is 0 Å². The number of hydrogen-bond donors (Lipinski definition) is 0. The van der Waals surface area contributed by atoms with Gasteiger partial charge in [0.25, 0.3) is 10.0 Å². The third-order valence-corrected chi connectivity index (χ3v) is 5.45. The second kappa shape index (κ2) is 6.49. The average Bonchev–Trinajstić information content (AvgIpc) is 3.04. The van der Waals surface area contributed by atoms with E-state index in [-0.39, 0.29) is 10.6 Å². The highest BCUT2D eigenvalue weighted by molar-refractivity contribution is 7.90. The molecule has 0 saturated carbocycles. The summed E-state index contributed by atoms with van der Waals surface area (Å²) in [4.78, 5) is 23.6. The van der Waals surface area contributed by atoms with E-state index < -0.39 is 15.8 Å². The van der Waals surface area contributed by atoms with E-state index in [4.69, 9.17) is 0 Å². The third kappa shape index (κ3) is 3.16. The van der Waals surface area contributed by atoms with E-state index in [0.29, 0.717) is 23.0 Å². The minimum Gasteiger partial charge on any atom is -0.298 e. The van der Waals surface area contributed by atoms with Gasteiger partial charge >= 0.3 is 0 Å². The molecule has 6 heteroatoms. The van der Waals surface area contributed by atoms with Crippen molar-refractivity contribution in [2.45, 2.75) is 11.8 Å². The Morgan fingerprint density at radius 2 is 1.64 bits per heavy atom. The van der Waals surface area contributed by atoms with Crippen molar-refractivity contribution >= 4 is 22.1 Å². The summed E-state index contributed by atoms with van der Waals surface area (Å²) in [6.07, 6.45) is 2.11. The summed E-state index contributed by atoms with van der Waals surface area (Å²) < 4.78 is 26.7. The molecule has 0 aliphatic heterocycles. The highest BCUT2D eigenvalue weighted by Crippen LogP contribution is 2.21. The van der Waals surface area contributed by atoms with Gasteiger partial charge in [-0.25, -0.2) is 12.4 Å². The van der Waals surface area contributed by atoms with Gasteiger partial charge in [0.2, 0.25) is 5.78 Å². The Morgan fingerprint density at radius 1 is 1.00 bits per heavy atom. The molecule has 126 valence electrons. The number of aromatic nitrogens is 1. The van der Waals surface area contributed by atoms with Gasteiger partial charge in [-0.1, -0.05) is 42.5 Å². The van der Waals surface area contributed by atoms with E-state index >= 15 is 0 Å². The summed E-state index contributed by atoms with van der Waals surface area (Å²) in [7, 11) is -3.87. The summed E-state index contributed by atoms with van der Waals surface area (Å²) in [5.74, 6) is -0.426. The molecule has 0 unspecified atom stereocenters. The summed E-state index contributed by atoms with van der Waals surface area (Å²) in [5, 5.41) is 0. The molecule has 0 radical (unpaired) electrons. The molecule has 0 spiro atoms. The van der Waals surface area contributed by atoms with Crippen LogP contribution in [0.4, 0.5) is 0 Å². The molecule has 0 N–H and O–H groups in total. The van der Waals surface area contributed by atoms with Crippen molar-refractivity contribution in [3.8, 4) is 0 Å². The number of carbonyl (C=O) groups is 2. The third-order valence-electron chi connectivity index (χ3n) is 3.76. The van der Waals surface area contributed by atoms with Gasteiger partial charge in [-0.3, -0.25) is 9.59 Å². The zero-order valence-corrected chi connectivity index (χ0v) is 14.2. The maximum Gasteiger partial charge on any atom is 0.268 e. The molecule has 1 aromatic heterocycles. The molecular formula is C19H15NO4S. The summed E-state index contributed by atoms with van der Waals surface area (Å²) in [6, 6.07) is 15.5. The van der Waals surface area contributed by atoms with Crippen molar-refractivity contribution in [1.82, 2.24) is 3.97 Å². The standard InChI is InChI=1S/C19H15NO4S/c1-14-11-18(19(22)16-9-7-15(13-21)8-10-16)20(12-14)25(23,24)17-5-3-2-4-6-17/h2-13H,1H3. The first-order chi connectivity index (χ1) is 11.9. The SMILES string of the molecule is Cc1cc(C(=O)c2ccc(C=O)cc2)n(S(=O)(=O)c2ccccc2)c1. The Morgan fingerprint density at radius 3 is 2.24 bits per heavy atom. The van der Waals surface area contributed by atoms with Crippen molar-refractivity contribution in [3.05, 3.63) is 89.2 Å². The van der Waals surface area contributed by atoms with Crippen LogP contribution in [-0.4, -0.2) is 24.5 Å². The molecule has 2 aromatic carbocycles. The predicted octanol–water partition coefficient (Wildman–Crippen LogP) is 3.08. The minimum atomic E-state index is -3.87. The molecule has 0 aliphatic rings. The van der Waals surface area contributed by atoms with Crippen LogP contribution in [0.5, 0.6) is 0 Å². The number of benzene rings is 2. The fraction of sp³-hybridized carbons (Fsp3) is 0.0526. The van der Waals surface area contributed by atoms with E-state index in [1.165, 1.54) is 48.7 Å². The molecular weight excluding hydrogens is 338 g/mol. The maximum absolute atomic E-state index is 12.9. The van der Waals surface area contributed by atoms with Gasteiger partial charge in [-0.15, -0.1) is 0 Å². The zero-order chi connectivity index (χ0) is 18.0. The Bertz CT molecular complexity index is 1030. The smallest absolute Gasteiger partial charge is 0.268 e. The Hall–Kier alpha value is -2.99.